The van der Waals surface area contributed by atoms with E-state index in [1.165, 1.54) is 39.2 Å². The first-order valence-electron chi connectivity index (χ1n) is 16.7. The van der Waals surface area contributed by atoms with Gasteiger partial charge in [0.15, 0.2) is 23.7 Å². The number of fused-ring (bicyclic) bond motifs is 1. The van der Waals surface area contributed by atoms with Crippen molar-refractivity contribution < 1.29 is 52.3 Å². The molecule has 52 heavy (non-hydrogen) atoms. The van der Waals surface area contributed by atoms with Crippen molar-refractivity contribution in [2.45, 2.75) is 88.3 Å². The lowest BCUT2D eigenvalue weighted by molar-refractivity contribution is -0.237. The summed E-state index contributed by atoms with van der Waals surface area (Å²) >= 11 is 0.954. The molecule has 0 bridgehead atoms. The van der Waals surface area contributed by atoms with Gasteiger partial charge in [-0.3, -0.25) is 19.2 Å². The molecule has 274 valence electrons. The number of aromatic nitrogens is 1. The minimum Gasteiger partial charge on any atom is -0.497 e. The molecule has 14 heteroatoms. The Labute approximate surface area is 305 Å². The molecular formula is C38H40N2O11S. The van der Waals surface area contributed by atoms with Crippen molar-refractivity contribution in [2.75, 3.05) is 20.8 Å². The lowest BCUT2D eigenvalue weighted by Gasteiger charge is -2.44. The highest BCUT2D eigenvalue weighted by atomic mass is 32.2. The zero-order chi connectivity index (χ0) is 37.5. The minimum atomic E-state index is -1.38. The molecule has 5 rings (SSSR count). The van der Waals surface area contributed by atoms with Crippen LogP contribution in [-0.2, 0) is 55.7 Å². The van der Waals surface area contributed by atoms with Gasteiger partial charge in [-0.25, -0.2) is 4.98 Å². The fraction of sp³-hybridized carbons (Fsp3) is 0.421. The van der Waals surface area contributed by atoms with E-state index in [4.69, 9.17) is 38.1 Å². The van der Waals surface area contributed by atoms with Crippen molar-refractivity contribution in [3.05, 3.63) is 59.2 Å². The lowest BCUT2D eigenvalue weighted by atomic mass is 9.89. The number of hydrogen-bond donors (Lipinski definition) is 0. The number of nitriles is 1. The Morgan fingerprint density at radius 1 is 0.788 bits per heavy atom. The van der Waals surface area contributed by atoms with Crippen LogP contribution >= 0.6 is 11.8 Å². The van der Waals surface area contributed by atoms with E-state index < -0.39 is 60.3 Å². The predicted octanol–water partition coefficient (Wildman–Crippen LogP) is 5.36. The molecular weight excluding hydrogens is 692 g/mol. The Kier molecular flexibility index (Phi) is 12.4. The summed E-state index contributed by atoms with van der Waals surface area (Å²) in [5.74, 6) is -1.87. The maximum atomic E-state index is 12.5. The van der Waals surface area contributed by atoms with Crippen LogP contribution in [-0.4, -0.2) is 79.5 Å². The molecule has 1 aromatic heterocycles. The predicted molar refractivity (Wildman–Crippen MR) is 187 cm³/mol. The molecule has 1 aliphatic carbocycles. The van der Waals surface area contributed by atoms with E-state index in [-0.39, 0.29) is 10.6 Å². The SMILES string of the molecule is COc1cc(OC)cc(-c2cc(-c3ccc4c(c3)CCCC4)nc(S[C@@H]3O[C@H](COC(C)=O)[C@@H](OC(C)=O)[C@H](OC(C)=O)[C@H]3OC(C)=O)c2C#N)c1. The summed E-state index contributed by atoms with van der Waals surface area (Å²) in [6.07, 6.45) is -1.10. The van der Waals surface area contributed by atoms with Crippen LogP contribution in [0.25, 0.3) is 22.4 Å². The maximum absolute atomic E-state index is 12.5. The summed E-state index contributed by atoms with van der Waals surface area (Å²) < 4.78 is 39.5. The van der Waals surface area contributed by atoms with E-state index in [9.17, 15) is 24.4 Å². The Morgan fingerprint density at radius 2 is 1.40 bits per heavy atom. The fourth-order valence-electron chi connectivity index (χ4n) is 6.34. The van der Waals surface area contributed by atoms with Gasteiger partial charge in [0.1, 0.15) is 35.3 Å². The fourth-order valence-corrected chi connectivity index (χ4v) is 7.53. The number of nitrogens with zero attached hydrogens (tertiary/aromatic N) is 2. The topological polar surface area (TPSA) is 170 Å². The molecule has 1 saturated heterocycles. The normalized spacial score (nSPS) is 20.8. The molecule has 5 atom stereocenters. The van der Waals surface area contributed by atoms with Gasteiger partial charge in [0.2, 0.25) is 0 Å². The second-order valence-corrected chi connectivity index (χ2v) is 13.4. The molecule has 0 radical (unpaired) electrons. The first-order valence-corrected chi connectivity index (χ1v) is 17.6. The van der Waals surface area contributed by atoms with Gasteiger partial charge in [0.05, 0.1) is 25.5 Å². The number of benzene rings is 2. The summed E-state index contributed by atoms with van der Waals surface area (Å²) in [6.45, 7) is 4.28. The molecule has 0 unspecified atom stereocenters. The Balaban J connectivity index is 1.70. The third-order valence-electron chi connectivity index (χ3n) is 8.58. The van der Waals surface area contributed by atoms with E-state index in [0.717, 1.165) is 56.9 Å². The van der Waals surface area contributed by atoms with Crippen LogP contribution in [0.2, 0.25) is 0 Å². The Morgan fingerprint density at radius 3 is 2.00 bits per heavy atom. The van der Waals surface area contributed by atoms with Crippen LogP contribution in [0.5, 0.6) is 11.5 Å². The smallest absolute Gasteiger partial charge is 0.303 e. The monoisotopic (exact) mass is 732 g/mol. The average Bonchev–Trinajstić information content (AvgIpc) is 3.11. The summed E-state index contributed by atoms with van der Waals surface area (Å²) in [5.41, 5.74) is 3.97. The van der Waals surface area contributed by atoms with Gasteiger partial charge in [0, 0.05) is 44.9 Å². The summed E-state index contributed by atoms with van der Waals surface area (Å²) in [6, 6.07) is 15.6. The van der Waals surface area contributed by atoms with Crippen molar-refractivity contribution in [1.82, 2.24) is 4.98 Å². The molecule has 1 aliphatic heterocycles. The van der Waals surface area contributed by atoms with Gasteiger partial charge in [-0.15, -0.1) is 0 Å². The van der Waals surface area contributed by atoms with Crippen LogP contribution in [0, 0.1) is 11.3 Å². The minimum absolute atomic E-state index is 0.162. The van der Waals surface area contributed by atoms with Crippen molar-refractivity contribution in [3.8, 4) is 40.0 Å². The van der Waals surface area contributed by atoms with Gasteiger partial charge < -0.3 is 33.2 Å². The Bertz CT molecular complexity index is 1870. The highest BCUT2D eigenvalue weighted by Crippen LogP contribution is 2.42. The van der Waals surface area contributed by atoms with Crippen molar-refractivity contribution in [2.24, 2.45) is 0 Å². The van der Waals surface area contributed by atoms with Gasteiger partial charge in [0.25, 0.3) is 0 Å². The summed E-state index contributed by atoms with van der Waals surface area (Å²) in [4.78, 5) is 54.0. The molecule has 0 amide bonds. The number of carbonyl (C=O) groups is 4. The lowest BCUT2D eigenvalue weighted by Crippen LogP contribution is -2.61. The van der Waals surface area contributed by atoms with Crippen molar-refractivity contribution in [1.29, 1.82) is 5.26 Å². The highest BCUT2D eigenvalue weighted by Gasteiger charge is 2.52. The van der Waals surface area contributed by atoms with Crippen LogP contribution in [0.4, 0.5) is 0 Å². The molecule has 0 saturated carbocycles. The van der Waals surface area contributed by atoms with Gasteiger partial charge >= 0.3 is 23.9 Å². The molecule has 2 aromatic carbocycles. The van der Waals surface area contributed by atoms with Gasteiger partial charge in [-0.1, -0.05) is 23.9 Å². The number of esters is 4. The number of hydrogen-bond acceptors (Lipinski definition) is 14. The number of thioether (sulfide) groups is 1. The zero-order valence-electron chi connectivity index (χ0n) is 29.8. The number of methoxy groups -OCH3 is 2. The number of pyridine rings is 1. The number of aryl methyl sites for hydroxylation is 2. The molecule has 3 aromatic rings. The molecule has 13 nitrogen and oxygen atoms in total. The molecule has 0 spiro atoms. The quantitative estimate of drug-likeness (QED) is 0.182. The number of rotatable bonds is 11. The average molecular weight is 733 g/mol. The van der Waals surface area contributed by atoms with Crippen LogP contribution in [0.1, 0.15) is 57.2 Å². The van der Waals surface area contributed by atoms with Crippen LogP contribution in [0.3, 0.4) is 0 Å². The van der Waals surface area contributed by atoms with E-state index in [2.05, 4.69) is 18.2 Å². The second-order valence-electron chi connectivity index (χ2n) is 12.3. The van der Waals surface area contributed by atoms with E-state index in [1.807, 2.05) is 12.1 Å². The zero-order valence-corrected chi connectivity index (χ0v) is 30.6. The first-order chi connectivity index (χ1) is 24.9. The third kappa shape index (κ3) is 9.02. The maximum Gasteiger partial charge on any atom is 0.303 e. The summed E-state index contributed by atoms with van der Waals surface area (Å²) in [5, 5.41) is 10.9. The van der Waals surface area contributed by atoms with Gasteiger partial charge in [-0.05, 0) is 66.6 Å². The van der Waals surface area contributed by atoms with Crippen molar-refractivity contribution in [3.63, 3.8) is 0 Å². The number of ether oxygens (including phenoxy) is 7. The molecule has 2 heterocycles. The highest BCUT2D eigenvalue weighted by molar-refractivity contribution is 7.99. The van der Waals surface area contributed by atoms with E-state index in [1.54, 1.807) is 18.2 Å². The summed E-state index contributed by atoms with van der Waals surface area (Å²) in [7, 11) is 3.06. The third-order valence-corrected chi connectivity index (χ3v) is 9.71. The standard InChI is InChI=1S/C38H40N2O11S/c1-20(41)47-19-33-34(48-21(2)42)35(49-22(3)43)36(50-23(4)44)38(51-33)52-37-31(18-39)30(27-14-28(45-5)16-29(15-27)46-6)17-32(40-37)26-12-11-24-9-7-8-10-25(24)13-26/h11-17,33-36,38H,7-10,19H2,1-6H3/t33-,34-,35+,36-,38+/m1/s1. The van der Waals surface area contributed by atoms with Crippen molar-refractivity contribution >= 4 is 35.6 Å². The molecule has 1 fully saturated rings. The van der Waals surface area contributed by atoms with Crippen LogP contribution in [0.15, 0.2) is 47.5 Å². The second kappa shape index (κ2) is 16.9. The van der Waals surface area contributed by atoms with Gasteiger partial charge in [-0.2, -0.15) is 5.26 Å². The van der Waals surface area contributed by atoms with Crippen LogP contribution < -0.4 is 9.47 Å². The first kappa shape index (κ1) is 38.1. The molecule has 0 N–H and O–H groups in total. The van der Waals surface area contributed by atoms with E-state index >= 15 is 0 Å². The number of carbonyl (C=O) groups excluding carboxylic acids is 4. The molecule has 2 aliphatic rings. The Hall–Kier alpha value is -5.13. The van der Waals surface area contributed by atoms with E-state index in [0.29, 0.717) is 28.3 Å². The largest absolute Gasteiger partial charge is 0.497 e.